The van der Waals surface area contributed by atoms with Crippen molar-refractivity contribution in [2.45, 2.75) is 44.9 Å². The molecule has 2 fully saturated rings. The molecule has 1 aromatic carbocycles. The number of carbonyl (C=O) groups is 3. The van der Waals surface area contributed by atoms with Gasteiger partial charge in [-0.2, -0.15) is 5.10 Å². The maximum Gasteiger partial charge on any atom is 0.411 e. The summed E-state index contributed by atoms with van der Waals surface area (Å²) in [4.78, 5) is 46.0. The lowest BCUT2D eigenvalue weighted by Gasteiger charge is -2.37. The highest BCUT2D eigenvalue weighted by molar-refractivity contribution is 6.44. The van der Waals surface area contributed by atoms with Gasteiger partial charge in [-0.25, -0.2) is 9.59 Å². The van der Waals surface area contributed by atoms with E-state index in [1.807, 2.05) is 37.3 Å². The number of hydrogen-bond acceptors (Lipinski definition) is 8. The Kier molecular flexibility index (Phi) is 7.64. The number of piperidine rings is 1. The molecular weight excluding hydrogens is 454 g/mol. The van der Waals surface area contributed by atoms with E-state index in [0.717, 1.165) is 5.56 Å². The zero-order valence-electron chi connectivity index (χ0n) is 19.8. The van der Waals surface area contributed by atoms with Gasteiger partial charge in [0.1, 0.15) is 6.10 Å². The Hall–Kier alpha value is -3.89. The van der Waals surface area contributed by atoms with Gasteiger partial charge in [0.25, 0.3) is 5.91 Å². The quantitative estimate of drug-likeness (QED) is 0.347. The average Bonchev–Trinajstić information content (AvgIpc) is 3.50. The molecule has 0 aliphatic carbocycles. The number of carbonyl (C=O) groups excluding carboxylic acids is 3. The number of aromatic amines is 1. The SMILES string of the molecule is CCOC(=O)CO/N=C(/C(=O)N1CCC(N2C(=O)OC(c3ccccc3)C2C)CC1)c1ccn[nH]1. The third-order valence-corrected chi connectivity index (χ3v) is 6.19. The molecule has 1 aromatic heterocycles. The summed E-state index contributed by atoms with van der Waals surface area (Å²) in [7, 11) is 0. The highest BCUT2D eigenvalue weighted by atomic mass is 16.7. The number of rotatable bonds is 8. The number of oxime groups is 1. The minimum absolute atomic E-state index is 0.0170. The number of H-pyrrole nitrogens is 1. The smallest absolute Gasteiger partial charge is 0.411 e. The fourth-order valence-corrected chi connectivity index (χ4v) is 4.49. The summed E-state index contributed by atoms with van der Waals surface area (Å²) in [6.07, 6.45) is 2.06. The minimum Gasteiger partial charge on any atom is -0.463 e. The molecule has 0 saturated carbocycles. The van der Waals surface area contributed by atoms with Crippen molar-refractivity contribution >= 4 is 23.7 Å². The molecule has 2 saturated heterocycles. The summed E-state index contributed by atoms with van der Waals surface area (Å²) in [5, 5.41) is 10.5. The second-order valence-corrected chi connectivity index (χ2v) is 8.37. The summed E-state index contributed by atoms with van der Waals surface area (Å²) in [5.41, 5.74) is 1.36. The Bertz CT molecular complexity index is 1050. The van der Waals surface area contributed by atoms with E-state index in [1.165, 1.54) is 6.20 Å². The van der Waals surface area contributed by atoms with Crippen molar-refractivity contribution in [2.75, 3.05) is 26.3 Å². The fraction of sp³-hybridized carbons (Fsp3) is 0.458. The number of amides is 2. The largest absolute Gasteiger partial charge is 0.463 e. The van der Waals surface area contributed by atoms with Gasteiger partial charge in [-0.05, 0) is 38.3 Å². The summed E-state index contributed by atoms with van der Waals surface area (Å²) < 4.78 is 10.5. The molecule has 2 aromatic rings. The van der Waals surface area contributed by atoms with Crippen LogP contribution in [0.2, 0.25) is 0 Å². The number of cyclic esters (lactones) is 1. The Labute approximate surface area is 203 Å². The molecule has 2 aliphatic heterocycles. The molecule has 4 rings (SSSR count). The van der Waals surface area contributed by atoms with Gasteiger partial charge < -0.3 is 19.2 Å². The molecule has 11 heteroatoms. The summed E-state index contributed by atoms with van der Waals surface area (Å²) in [5.74, 6) is -0.926. The Balaban J connectivity index is 1.39. The molecule has 11 nitrogen and oxygen atoms in total. The van der Waals surface area contributed by atoms with Crippen molar-refractivity contribution in [3.8, 4) is 0 Å². The number of nitrogens with zero attached hydrogens (tertiary/aromatic N) is 4. The number of likely N-dealkylation sites (tertiary alicyclic amines) is 1. The minimum atomic E-state index is -0.575. The van der Waals surface area contributed by atoms with E-state index in [0.29, 0.717) is 31.6 Å². The Morgan fingerprint density at radius 3 is 2.60 bits per heavy atom. The van der Waals surface area contributed by atoms with Crippen LogP contribution in [0.25, 0.3) is 0 Å². The lowest BCUT2D eigenvalue weighted by atomic mass is 9.98. The van der Waals surface area contributed by atoms with E-state index in [4.69, 9.17) is 14.3 Å². The van der Waals surface area contributed by atoms with Gasteiger partial charge in [0.15, 0.2) is 5.71 Å². The van der Waals surface area contributed by atoms with Gasteiger partial charge in [0.05, 0.1) is 18.3 Å². The zero-order valence-corrected chi connectivity index (χ0v) is 19.8. The van der Waals surface area contributed by atoms with Gasteiger partial charge >= 0.3 is 12.1 Å². The van der Waals surface area contributed by atoms with Crippen molar-refractivity contribution < 1.29 is 28.7 Å². The standard InChI is InChI=1S/C24H29N5O6/c1-3-33-20(30)15-34-27-21(19-9-12-25-26-19)23(31)28-13-10-18(11-14-28)29-16(2)22(35-24(29)32)17-7-5-4-6-8-17/h4-9,12,16,18,22H,3,10-11,13-15H2,1-2H3,(H,25,26)/b27-21+. The van der Waals surface area contributed by atoms with E-state index in [9.17, 15) is 14.4 Å². The summed E-state index contributed by atoms with van der Waals surface area (Å²) in [6.45, 7) is 4.36. The van der Waals surface area contributed by atoms with Crippen LogP contribution in [-0.4, -0.2) is 82.1 Å². The van der Waals surface area contributed by atoms with Crippen LogP contribution in [-0.2, 0) is 23.9 Å². The van der Waals surface area contributed by atoms with E-state index in [-0.39, 0.29) is 42.5 Å². The first-order valence-electron chi connectivity index (χ1n) is 11.7. The number of ether oxygens (including phenoxy) is 2. The van der Waals surface area contributed by atoms with E-state index >= 15 is 0 Å². The molecular formula is C24H29N5O6. The third kappa shape index (κ3) is 5.44. The van der Waals surface area contributed by atoms with Gasteiger partial charge in [-0.15, -0.1) is 0 Å². The molecule has 2 amide bonds. The molecule has 0 bridgehead atoms. The molecule has 2 unspecified atom stereocenters. The summed E-state index contributed by atoms with van der Waals surface area (Å²) in [6, 6.07) is 11.1. The van der Waals surface area contributed by atoms with Gasteiger partial charge in [0.2, 0.25) is 6.61 Å². The van der Waals surface area contributed by atoms with E-state index < -0.39 is 12.6 Å². The second kappa shape index (κ2) is 11.0. The maximum absolute atomic E-state index is 13.2. The van der Waals surface area contributed by atoms with Crippen LogP contribution in [0.4, 0.5) is 4.79 Å². The average molecular weight is 484 g/mol. The number of nitrogens with one attached hydrogen (secondary N) is 1. The van der Waals surface area contributed by atoms with Crippen molar-refractivity contribution in [1.29, 1.82) is 0 Å². The third-order valence-electron chi connectivity index (χ3n) is 6.19. The predicted molar refractivity (Wildman–Crippen MR) is 124 cm³/mol. The van der Waals surface area contributed by atoms with Crippen LogP contribution in [0.1, 0.15) is 44.1 Å². The lowest BCUT2D eigenvalue weighted by molar-refractivity contribution is -0.148. The first kappa shape index (κ1) is 24.2. The number of aromatic nitrogens is 2. The fourth-order valence-electron chi connectivity index (χ4n) is 4.49. The Morgan fingerprint density at radius 1 is 1.20 bits per heavy atom. The monoisotopic (exact) mass is 483 g/mol. The van der Waals surface area contributed by atoms with Crippen molar-refractivity contribution in [1.82, 2.24) is 20.0 Å². The highest BCUT2D eigenvalue weighted by Crippen LogP contribution is 2.35. The molecule has 0 spiro atoms. The van der Waals surface area contributed by atoms with E-state index in [1.54, 1.807) is 22.8 Å². The first-order valence-corrected chi connectivity index (χ1v) is 11.7. The molecule has 35 heavy (non-hydrogen) atoms. The molecule has 186 valence electrons. The van der Waals surface area contributed by atoms with Crippen LogP contribution in [0.5, 0.6) is 0 Å². The highest BCUT2D eigenvalue weighted by Gasteiger charge is 2.44. The van der Waals surface area contributed by atoms with E-state index in [2.05, 4.69) is 15.4 Å². The molecule has 3 heterocycles. The molecule has 1 N–H and O–H groups in total. The van der Waals surface area contributed by atoms with Gasteiger partial charge in [0, 0.05) is 25.3 Å². The number of benzene rings is 1. The molecule has 0 radical (unpaired) electrons. The topological polar surface area (TPSA) is 126 Å². The van der Waals surface area contributed by atoms with Crippen molar-refractivity contribution in [3.05, 3.63) is 53.9 Å². The summed E-state index contributed by atoms with van der Waals surface area (Å²) >= 11 is 0. The van der Waals surface area contributed by atoms with Gasteiger partial charge in [-0.1, -0.05) is 35.5 Å². The van der Waals surface area contributed by atoms with Crippen LogP contribution >= 0.6 is 0 Å². The molecule has 2 aliphatic rings. The first-order chi connectivity index (χ1) is 17.0. The zero-order chi connectivity index (χ0) is 24.8. The van der Waals surface area contributed by atoms with Crippen LogP contribution in [0.3, 0.4) is 0 Å². The number of hydrogen-bond donors (Lipinski definition) is 1. The molecule has 2 atom stereocenters. The number of esters is 1. The van der Waals surface area contributed by atoms with Crippen LogP contribution in [0.15, 0.2) is 47.8 Å². The van der Waals surface area contributed by atoms with Crippen LogP contribution < -0.4 is 0 Å². The van der Waals surface area contributed by atoms with Crippen molar-refractivity contribution in [2.24, 2.45) is 5.16 Å². The van der Waals surface area contributed by atoms with Gasteiger partial charge in [-0.3, -0.25) is 14.8 Å². The van der Waals surface area contributed by atoms with Crippen molar-refractivity contribution in [3.63, 3.8) is 0 Å². The lowest BCUT2D eigenvalue weighted by Crippen LogP contribution is -2.50. The maximum atomic E-state index is 13.2. The Morgan fingerprint density at radius 2 is 1.94 bits per heavy atom. The normalized spacial score (nSPS) is 21.1. The van der Waals surface area contributed by atoms with Crippen LogP contribution in [0, 0.1) is 0 Å². The predicted octanol–water partition coefficient (Wildman–Crippen LogP) is 2.27. The second-order valence-electron chi connectivity index (χ2n) is 8.37.